The lowest BCUT2D eigenvalue weighted by atomic mass is 10.1. The smallest absolute Gasteiger partial charge is 0.0595 e. The lowest BCUT2D eigenvalue weighted by Crippen LogP contribution is -2.18. The van der Waals surface area contributed by atoms with Crippen molar-refractivity contribution in [3.8, 4) is 0 Å². The van der Waals surface area contributed by atoms with Gasteiger partial charge in [0.15, 0.2) is 0 Å². The molecule has 1 nitrogen and oxygen atoms in total. The quantitative estimate of drug-likeness (QED) is 0.783. The largest absolute Gasteiger partial charge is 0.306 e. The number of thiophene rings is 1. The third-order valence-electron chi connectivity index (χ3n) is 3.19. The maximum Gasteiger partial charge on any atom is 0.0595 e. The standard InChI is InChI=1S/C15H17Cl2NS/c1-9-6-13(11(3)19-9)8-18-10(2)12-4-5-14(16)15(17)7-12/h4-7,10,18H,8H2,1-3H3. The first-order valence-electron chi connectivity index (χ1n) is 6.21. The molecule has 0 fully saturated rings. The van der Waals surface area contributed by atoms with Crippen molar-refractivity contribution < 1.29 is 0 Å². The molecule has 102 valence electrons. The highest BCUT2D eigenvalue weighted by Crippen LogP contribution is 2.26. The number of halogens is 2. The van der Waals surface area contributed by atoms with Gasteiger partial charge in [-0.05, 0) is 50.1 Å². The van der Waals surface area contributed by atoms with Crippen molar-refractivity contribution in [2.75, 3.05) is 0 Å². The second kappa shape index (κ2) is 6.27. The van der Waals surface area contributed by atoms with Gasteiger partial charge in [-0.1, -0.05) is 29.3 Å². The van der Waals surface area contributed by atoms with Crippen LogP contribution in [0, 0.1) is 13.8 Å². The van der Waals surface area contributed by atoms with Crippen molar-refractivity contribution >= 4 is 34.5 Å². The molecule has 1 heterocycles. The molecule has 0 aliphatic carbocycles. The molecule has 1 aromatic carbocycles. The third-order valence-corrected chi connectivity index (χ3v) is 4.93. The van der Waals surface area contributed by atoms with Crippen LogP contribution < -0.4 is 5.32 Å². The molecule has 0 saturated heterocycles. The normalized spacial score (nSPS) is 12.7. The molecule has 4 heteroatoms. The molecule has 0 spiro atoms. The van der Waals surface area contributed by atoms with Gasteiger partial charge < -0.3 is 5.32 Å². The van der Waals surface area contributed by atoms with E-state index in [0.29, 0.717) is 10.0 Å². The Labute approximate surface area is 128 Å². The van der Waals surface area contributed by atoms with Gasteiger partial charge in [0.05, 0.1) is 10.0 Å². The van der Waals surface area contributed by atoms with Crippen LogP contribution in [0.4, 0.5) is 0 Å². The molecule has 0 aliphatic heterocycles. The summed E-state index contributed by atoms with van der Waals surface area (Å²) in [5.41, 5.74) is 2.52. The molecule has 19 heavy (non-hydrogen) atoms. The molecule has 1 N–H and O–H groups in total. The van der Waals surface area contributed by atoms with Crippen LogP contribution in [-0.2, 0) is 6.54 Å². The summed E-state index contributed by atoms with van der Waals surface area (Å²) >= 11 is 13.8. The van der Waals surface area contributed by atoms with E-state index >= 15 is 0 Å². The van der Waals surface area contributed by atoms with E-state index in [1.807, 2.05) is 29.5 Å². The maximum absolute atomic E-state index is 6.05. The van der Waals surface area contributed by atoms with Crippen molar-refractivity contribution in [1.29, 1.82) is 0 Å². The van der Waals surface area contributed by atoms with E-state index in [9.17, 15) is 0 Å². The molecule has 1 unspecified atom stereocenters. The highest BCUT2D eigenvalue weighted by atomic mass is 35.5. The van der Waals surface area contributed by atoms with Crippen molar-refractivity contribution in [3.05, 3.63) is 55.2 Å². The number of nitrogens with one attached hydrogen (secondary N) is 1. The fraction of sp³-hybridized carbons (Fsp3) is 0.333. The Morgan fingerprint density at radius 2 is 1.89 bits per heavy atom. The average Bonchev–Trinajstić information content (AvgIpc) is 2.68. The number of aryl methyl sites for hydroxylation is 2. The molecular weight excluding hydrogens is 297 g/mol. The SMILES string of the molecule is Cc1cc(CNC(C)c2ccc(Cl)c(Cl)c2)c(C)s1. The van der Waals surface area contributed by atoms with Crippen LogP contribution in [0.3, 0.4) is 0 Å². The highest BCUT2D eigenvalue weighted by Gasteiger charge is 2.09. The van der Waals surface area contributed by atoms with Crippen molar-refractivity contribution in [2.24, 2.45) is 0 Å². The van der Waals surface area contributed by atoms with Gasteiger partial charge in [0.1, 0.15) is 0 Å². The maximum atomic E-state index is 6.05. The van der Waals surface area contributed by atoms with Crippen molar-refractivity contribution in [1.82, 2.24) is 5.32 Å². The number of hydrogen-bond donors (Lipinski definition) is 1. The minimum absolute atomic E-state index is 0.245. The van der Waals surface area contributed by atoms with Gasteiger partial charge in [-0.15, -0.1) is 11.3 Å². The van der Waals surface area contributed by atoms with E-state index in [4.69, 9.17) is 23.2 Å². The van der Waals surface area contributed by atoms with Crippen LogP contribution in [0.5, 0.6) is 0 Å². The van der Waals surface area contributed by atoms with Gasteiger partial charge >= 0.3 is 0 Å². The minimum Gasteiger partial charge on any atom is -0.306 e. The van der Waals surface area contributed by atoms with Crippen LogP contribution >= 0.6 is 34.5 Å². The first-order valence-corrected chi connectivity index (χ1v) is 7.79. The van der Waals surface area contributed by atoms with Gasteiger partial charge in [-0.3, -0.25) is 0 Å². The predicted molar refractivity (Wildman–Crippen MR) is 85.5 cm³/mol. The molecule has 0 saturated carbocycles. The Bertz CT molecular complexity index is 578. The summed E-state index contributed by atoms with van der Waals surface area (Å²) < 4.78 is 0. The van der Waals surface area contributed by atoms with E-state index in [0.717, 1.165) is 12.1 Å². The molecule has 0 amide bonds. The number of benzene rings is 1. The third kappa shape index (κ3) is 3.73. The van der Waals surface area contributed by atoms with E-state index in [1.54, 1.807) is 0 Å². The zero-order valence-electron chi connectivity index (χ0n) is 11.3. The van der Waals surface area contributed by atoms with Gasteiger partial charge in [-0.25, -0.2) is 0 Å². The van der Waals surface area contributed by atoms with Crippen LogP contribution in [0.2, 0.25) is 10.0 Å². The molecule has 1 aromatic heterocycles. The number of hydrogen-bond acceptors (Lipinski definition) is 2. The number of rotatable bonds is 4. The summed E-state index contributed by atoms with van der Waals surface area (Å²) in [7, 11) is 0. The monoisotopic (exact) mass is 313 g/mol. The molecule has 0 bridgehead atoms. The molecule has 2 rings (SSSR count). The van der Waals surface area contributed by atoms with Gasteiger partial charge in [0.25, 0.3) is 0 Å². The first-order chi connectivity index (χ1) is 8.97. The average molecular weight is 314 g/mol. The summed E-state index contributed by atoms with van der Waals surface area (Å²) in [6.07, 6.45) is 0. The Hall–Kier alpha value is -0.540. The fourth-order valence-electron chi connectivity index (χ4n) is 2.02. The van der Waals surface area contributed by atoms with Crippen molar-refractivity contribution in [2.45, 2.75) is 33.4 Å². The van der Waals surface area contributed by atoms with E-state index in [-0.39, 0.29) is 6.04 Å². The lowest BCUT2D eigenvalue weighted by molar-refractivity contribution is 0.574. The summed E-state index contributed by atoms with van der Waals surface area (Å²) in [4.78, 5) is 2.74. The lowest BCUT2D eigenvalue weighted by Gasteiger charge is -2.15. The van der Waals surface area contributed by atoms with E-state index in [1.165, 1.54) is 15.3 Å². The van der Waals surface area contributed by atoms with Crippen LogP contribution in [0.25, 0.3) is 0 Å². The van der Waals surface area contributed by atoms with Crippen LogP contribution in [0.15, 0.2) is 24.3 Å². The van der Waals surface area contributed by atoms with Crippen LogP contribution in [0.1, 0.15) is 33.8 Å². The van der Waals surface area contributed by atoms with Gasteiger partial charge in [-0.2, -0.15) is 0 Å². The minimum atomic E-state index is 0.245. The molecule has 0 aliphatic rings. The Balaban J connectivity index is 2.03. The molecular formula is C15H17Cl2NS. The highest BCUT2D eigenvalue weighted by molar-refractivity contribution is 7.12. The zero-order valence-corrected chi connectivity index (χ0v) is 13.6. The Kier molecular flexibility index (Phi) is 4.91. The summed E-state index contributed by atoms with van der Waals surface area (Å²) in [6, 6.07) is 8.27. The predicted octanol–water partition coefficient (Wildman–Crippen LogP) is 5.52. The Morgan fingerprint density at radius 3 is 2.47 bits per heavy atom. The molecule has 2 aromatic rings. The molecule has 0 radical (unpaired) electrons. The van der Waals surface area contributed by atoms with Crippen molar-refractivity contribution in [3.63, 3.8) is 0 Å². The first kappa shape index (κ1) is 14.9. The van der Waals surface area contributed by atoms with E-state index < -0.39 is 0 Å². The van der Waals surface area contributed by atoms with Gasteiger partial charge in [0.2, 0.25) is 0 Å². The molecule has 1 atom stereocenters. The Morgan fingerprint density at radius 1 is 1.16 bits per heavy atom. The second-order valence-corrected chi connectivity index (χ2v) is 6.99. The summed E-state index contributed by atoms with van der Waals surface area (Å²) in [5, 5.41) is 4.73. The topological polar surface area (TPSA) is 12.0 Å². The van der Waals surface area contributed by atoms with Crippen LogP contribution in [-0.4, -0.2) is 0 Å². The zero-order chi connectivity index (χ0) is 14.0. The summed E-state index contributed by atoms with van der Waals surface area (Å²) in [5.74, 6) is 0. The van der Waals surface area contributed by atoms with Gasteiger partial charge in [0, 0.05) is 22.3 Å². The second-order valence-electron chi connectivity index (χ2n) is 4.71. The fourth-order valence-corrected chi connectivity index (χ4v) is 3.27. The van der Waals surface area contributed by atoms with E-state index in [2.05, 4.69) is 32.2 Å². The summed E-state index contributed by atoms with van der Waals surface area (Å²) in [6.45, 7) is 7.31.